The Labute approximate surface area is 122 Å². The highest BCUT2D eigenvalue weighted by Gasteiger charge is 2.14. The third-order valence-electron chi connectivity index (χ3n) is 3.80. The van der Waals surface area contributed by atoms with Gasteiger partial charge in [-0.05, 0) is 36.2 Å². The van der Waals surface area contributed by atoms with Crippen LogP contribution in [0.5, 0.6) is 0 Å². The summed E-state index contributed by atoms with van der Waals surface area (Å²) in [5, 5.41) is 7.46. The van der Waals surface area contributed by atoms with Gasteiger partial charge < -0.3 is 9.84 Å². The van der Waals surface area contributed by atoms with E-state index in [-0.39, 0.29) is 0 Å². The molecule has 0 atom stereocenters. The minimum Gasteiger partial charge on any atom is -0.334 e. The van der Waals surface area contributed by atoms with Crippen LogP contribution in [0.15, 0.2) is 53.1 Å². The van der Waals surface area contributed by atoms with Gasteiger partial charge in [0.15, 0.2) is 0 Å². The van der Waals surface area contributed by atoms with E-state index in [1.54, 1.807) is 0 Å². The highest BCUT2D eigenvalue weighted by atomic mass is 16.5. The van der Waals surface area contributed by atoms with Crippen molar-refractivity contribution in [3.63, 3.8) is 0 Å². The standard InChI is InChI=1S/C17H15N3O/c1-2-4-13(5-3-1)16-19-17(21-20-16)14-7-6-12-8-9-18-11-15(12)10-14/h1-7,10,18H,8-9,11H2. The molecule has 4 nitrogen and oxygen atoms in total. The lowest BCUT2D eigenvalue weighted by Crippen LogP contribution is -2.23. The number of fused-ring (bicyclic) bond motifs is 1. The first-order valence-electron chi connectivity index (χ1n) is 7.12. The van der Waals surface area contributed by atoms with Gasteiger partial charge in [0, 0.05) is 17.7 Å². The predicted molar refractivity (Wildman–Crippen MR) is 80.6 cm³/mol. The Morgan fingerprint density at radius 1 is 0.952 bits per heavy atom. The SMILES string of the molecule is c1ccc(-c2noc(-c3ccc4c(c3)CNCC4)n2)cc1. The molecule has 0 spiro atoms. The van der Waals surface area contributed by atoms with Crippen LogP contribution in [0.1, 0.15) is 11.1 Å². The second-order valence-electron chi connectivity index (χ2n) is 5.20. The van der Waals surface area contributed by atoms with Gasteiger partial charge in [0.1, 0.15) is 0 Å². The van der Waals surface area contributed by atoms with E-state index < -0.39 is 0 Å². The van der Waals surface area contributed by atoms with Crippen molar-refractivity contribution in [1.29, 1.82) is 0 Å². The summed E-state index contributed by atoms with van der Waals surface area (Å²) < 4.78 is 5.41. The average molecular weight is 277 g/mol. The van der Waals surface area contributed by atoms with E-state index in [0.717, 1.165) is 30.6 Å². The highest BCUT2D eigenvalue weighted by Crippen LogP contribution is 2.25. The van der Waals surface area contributed by atoms with Crippen molar-refractivity contribution >= 4 is 0 Å². The molecule has 0 saturated heterocycles. The molecule has 3 aromatic rings. The number of nitrogens with one attached hydrogen (secondary N) is 1. The van der Waals surface area contributed by atoms with Gasteiger partial charge in [-0.1, -0.05) is 41.6 Å². The van der Waals surface area contributed by atoms with Crippen molar-refractivity contribution < 1.29 is 4.52 Å². The zero-order valence-corrected chi connectivity index (χ0v) is 11.5. The Hall–Kier alpha value is -2.46. The fourth-order valence-corrected chi connectivity index (χ4v) is 2.66. The fraction of sp³-hybridized carbons (Fsp3) is 0.176. The molecule has 0 unspecified atom stereocenters. The van der Waals surface area contributed by atoms with Crippen molar-refractivity contribution in [3.05, 3.63) is 59.7 Å². The Balaban J connectivity index is 1.70. The van der Waals surface area contributed by atoms with E-state index in [9.17, 15) is 0 Å². The lowest BCUT2D eigenvalue weighted by molar-refractivity contribution is 0.432. The van der Waals surface area contributed by atoms with Crippen LogP contribution in [0.25, 0.3) is 22.8 Å². The maximum absolute atomic E-state index is 5.41. The Morgan fingerprint density at radius 2 is 1.86 bits per heavy atom. The second kappa shape index (κ2) is 5.14. The molecule has 1 aliphatic rings. The second-order valence-corrected chi connectivity index (χ2v) is 5.20. The molecular weight excluding hydrogens is 262 g/mol. The monoisotopic (exact) mass is 277 g/mol. The van der Waals surface area contributed by atoms with Crippen LogP contribution in [0.2, 0.25) is 0 Å². The molecule has 0 saturated carbocycles. The van der Waals surface area contributed by atoms with Gasteiger partial charge in [0.25, 0.3) is 5.89 Å². The van der Waals surface area contributed by atoms with Crippen LogP contribution in [-0.4, -0.2) is 16.7 Å². The van der Waals surface area contributed by atoms with E-state index in [4.69, 9.17) is 4.52 Å². The molecule has 0 fully saturated rings. The molecule has 21 heavy (non-hydrogen) atoms. The van der Waals surface area contributed by atoms with Crippen molar-refractivity contribution in [2.24, 2.45) is 0 Å². The van der Waals surface area contributed by atoms with Gasteiger partial charge >= 0.3 is 0 Å². The smallest absolute Gasteiger partial charge is 0.258 e. The number of hydrogen-bond acceptors (Lipinski definition) is 4. The molecule has 0 bridgehead atoms. The molecule has 0 amide bonds. The largest absolute Gasteiger partial charge is 0.334 e. The average Bonchev–Trinajstić information content (AvgIpc) is 3.05. The molecule has 1 N–H and O–H groups in total. The normalized spacial score (nSPS) is 13.9. The van der Waals surface area contributed by atoms with Gasteiger partial charge in [-0.15, -0.1) is 0 Å². The van der Waals surface area contributed by atoms with E-state index in [1.807, 2.05) is 30.3 Å². The van der Waals surface area contributed by atoms with Crippen LogP contribution in [0.3, 0.4) is 0 Å². The molecule has 4 heteroatoms. The first kappa shape index (κ1) is 12.3. The van der Waals surface area contributed by atoms with Crippen molar-refractivity contribution in [1.82, 2.24) is 15.5 Å². The predicted octanol–water partition coefficient (Wildman–Crippen LogP) is 3.05. The van der Waals surface area contributed by atoms with E-state index in [2.05, 4.69) is 33.7 Å². The number of hydrogen-bond donors (Lipinski definition) is 1. The maximum atomic E-state index is 5.41. The summed E-state index contributed by atoms with van der Waals surface area (Å²) in [5.41, 5.74) is 4.66. The summed E-state index contributed by atoms with van der Waals surface area (Å²) >= 11 is 0. The summed E-state index contributed by atoms with van der Waals surface area (Å²) in [6.07, 6.45) is 1.08. The minimum absolute atomic E-state index is 0.572. The summed E-state index contributed by atoms with van der Waals surface area (Å²) in [6.45, 7) is 1.95. The van der Waals surface area contributed by atoms with Gasteiger partial charge in [0.2, 0.25) is 5.82 Å². The summed E-state index contributed by atoms with van der Waals surface area (Å²) in [4.78, 5) is 4.50. The summed E-state index contributed by atoms with van der Waals surface area (Å²) in [6, 6.07) is 16.2. The topological polar surface area (TPSA) is 51.0 Å². The summed E-state index contributed by atoms with van der Waals surface area (Å²) in [7, 11) is 0. The van der Waals surface area contributed by atoms with Gasteiger partial charge in [-0.3, -0.25) is 0 Å². The molecule has 4 rings (SSSR count). The van der Waals surface area contributed by atoms with Crippen LogP contribution < -0.4 is 5.32 Å². The van der Waals surface area contributed by atoms with Crippen molar-refractivity contribution in [2.75, 3.05) is 6.54 Å². The van der Waals surface area contributed by atoms with Gasteiger partial charge in [-0.2, -0.15) is 4.98 Å². The van der Waals surface area contributed by atoms with Crippen molar-refractivity contribution in [2.45, 2.75) is 13.0 Å². The molecule has 0 aliphatic carbocycles. The molecule has 1 aliphatic heterocycles. The number of benzene rings is 2. The molecule has 2 heterocycles. The Bertz CT molecular complexity index is 765. The number of nitrogens with zero attached hydrogens (tertiary/aromatic N) is 2. The van der Waals surface area contributed by atoms with E-state index in [1.165, 1.54) is 11.1 Å². The number of aromatic nitrogens is 2. The third kappa shape index (κ3) is 2.34. The van der Waals surface area contributed by atoms with Gasteiger partial charge in [0.05, 0.1) is 0 Å². The molecule has 0 radical (unpaired) electrons. The van der Waals surface area contributed by atoms with Crippen LogP contribution in [0, 0.1) is 0 Å². The summed E-state index contributed by atoms with van der Waals surface area (Å²) in [5.74, 6) is 1.20. The van der Waals surface area contributed by atoms with Crippen LogP contribution in [0.4, 0.5) is 0 Å². The van der Waals surface area contributed by atoms with E-state index >= 15 is 0 Å². The maximum Gasteiger partial charge on any atom is 0.258 e. The Kier molecular flexibility index (Phi) is 3.01. The lowest BCUT2D eigenvalue weighted by atomic mass is 9.98. The van der Waals surface area contributed by atoms with Crippen LogP contribution >= 0.6 is 0 Å². The minimum atomic E-state index is 0.572. The fourth-order valence-electron chi connectivity index (χ4n) is 2.66. The zero-order chi connectivity index (χ0) is 14.1. The molecular formula is C17H15N3O. The van der Waals surface area contributed by atoms with E-state index in [0.29, 0.717) is 11.7 Å². The highest BCUT2D eigenvalue weighted by molar-refractivity contribution is 5.61. The van der Waals surface area contributed by atoms with Gasteiger partial charge in [-0.25, -0.2) is 0 Å². The zero-order valence-electron chi connectivity index (χ0n) is 11.5. The molecule has 1 aromatic heterocycles. The first-order valence-corrected chi connectivity index (χ1v) is 7.12. The van der Waals surface area contributed by atoms with Crippen LogP contribution in [-0.2, 0) is 13.0 Å². The number of rotatable bonds is 2. The molecule has 104 valence electrons. The first-order chi connectivity index (χ1) is 10.4. The quantitative estimate of drug-likeness (QED) is 0.782. The lowest BCUT2D eigenvalue weighted by Gasteiger charge is -2.16. The van der Waals surface area contributed by atoms with Crippen molar-refractivity contribution in [3.8, 4) is 22.8 Å². The Morgan fingerprint density at radius 3 is 2.76 bits per heavy atom. The third-order valence-corrected chi connectivity index (χ3v) is 3.80. The molecule has 2 aromatic carbocycles.